The quantitative estimate of drug-likeness (QED) is 0.809. The van der Waals surface area contributed by atoms with E-state index in [1.165, 1.54) is 12.1 Å². The van der Waals surface area contributed by atoms with Crippen LogP contribution in [0.2, 0.25) is 0 Å². The summed E-state index contributed by atoms with van der Waals surface area (Å²) in [5.74, 6) is -1.12. The first kappa shape index (κ1) is 13.1. The summed E-state index contributed by atoms with van der Waals surface area (Å²) in [6.45, 7) is 3.21. The number of nitrogens with one attached hydrogen (secondary N) is 1. The van der Waals surface area contributed by atoms with Crippen molar-refractivity contribution in [1.29, 1.82) is 0 Å². The predicted octanol–water partition coefficient (Wildman–Crippen LogP) is 2.65. The van der Waals surface area contributed by atoms with E-state index in [1.54, 1.807) is 7.11 Å². The molecule has 0 aliphatic heterocycles. The third kappa shape index (κ3) is 3.87. The molecule has 1 rings (SSSR count). The van der Waals surface area contributed by atoms with Gasteiger partial charge in [0, 0.05) is 13.2 Å². The zero-order chi connectivity index (χ0) is 12.0. The average Bonchev–Trinajstić information content (AvgIpc) is 2.22. The van der Waals surface area contributed by atoms with Crippen molar-refractivity contribution in [2.24, 2.45) is 0 Å². The van der Waals surface area contributed by atoms with E-state index in [2.05, 4.69) is 5.32 Å². The lowest BCUT2D eigenvalue weighted by Crippen LogP contribution is -2.26. The minimum Gasteiger partial charge on any atom is -0.383 e. The first-order valence-corrected chi connectivity index (χ1v) is 5.35. The van der Waals surface area contributed by atoms with Gasteiger partial charge in [-0.05, 0) is 30.7 Å². The lowest BCUT2D eigenvalue weighted by atomic mass is 10.1. The molecule has 1 aromatic carbocycles. The molecule has 0 saturated heterocycles. The van der Waals surface area contributed by atoms with Gasteiger partial charge < -0.3 is 10.1 Å². The van der Waals surface area contributed by atoms with Crippen LogP contribution in [0, 0.1) is 11.6 Å². The summed E-state index contributed by atoms with van der Waals surface area (Å²) in [5.41, 5.74) is 0.577. The fourth-order valence-corrected chi connectivity index (χ4v) is 1.53. The number of methoxy groups -OCH3 is 1. The topological polar surface area (TPSA) is 21.3 Å². The zero-order valence-electron chi connectivity index (χ0n) is 9.59. The van der Waals surface area contributed by atoms with Crippen molar-refractivity contribution >= 4 is 0 Å². The average molecular weight is 229 g/mol. The van der Waals surface area contributed by atoms with Crippen molar-refractivity contribution in [1.82, 2.24) is 5.32 Å². The second-order valence-corrected chi connectivity index (χ2v) is 3.66. The van der Waals surface area contributed by atoms with Crippen molar-refractivity contribution in [3.8, 4) is 0 Å². The molecule has 1 unspecified atom stereocenters. The minimum absolute atomic E-state index is 0.171. The number of halogens is 2. The Hall–Kier alpha value is -1.00. The standard InChI is InChI=1S/C12H17F2NO/c1-3-4-15-12(8-16-2)9-5-10(13)7-11(14)6-9/h5-7,12,15H,3-4,8H2,1-2H3. The van der Waals surface area contributed by atoms with Crippen molar-refractivity contribution in [3.63, 3.8) is 0 Å². The molecule has 0 heterocycles. The maximum absolute atomic E-state index is 13.0. The van der Waals surface area contributed by atoms with Gasteiger partial charge in [0.15, 0.2) is 0 Å². The van der Waals surface area contributed by atoms with Crippen molar-refractivity contribution < 1.29 is 13.5 Å². The molecule has 2 nitrogen and oxygen atoms in total. The summed E-state index contributed by atoms with van der Waals surface area (Å²) in [6.07, 6.45) is 0.956. The molecule has 0 fully saturated rings. The van der Waals surface area contributed by atoms with Crippen LogP contribution >= 0.6 is 0 Å². The Bertz CT molecular complexity index is 311. The highest BCUT2D eigenvalue weighted by Gasteiger charge is 2.12. The molecule has 16 heavy (non-hydrogen) atoms. The number of ether oxygens (including phenoxy) is 1. The normalized spacial score (nSPS) is 12.8. The second kappa shape index (κ2) is 6.55. The molecule has 0 saturated carbocycles. The van der Waals surface area contributed by atoms with Crippen molar-refractivity contribution in [3.05, 3.63) is 35.4 Å². The Morgan fingerprint density at radius 2 is 1.88 bits per heavy atom. The van der Waals surface area contributed by atoms with Gasteiger partial charge in [-0.3, -0.25) is 0 Å². The molecule has 90 valence electrons. The van der Waals surface area contributed by atoms with E-state index in [4.69, 9.17) is 4.74 Å². The van der Waals surface area contributed by atoms with Crippen LogP contribution in [0.1, 0.15) is 24.9 Å². The van der Waals surface area contributed by atoms with Crippen LogP contribution in [-0.2, 0) is 4.74 Å². The number of rotatable bonds is 6. The number of benzene rings is 1. The lowest BCUT2D eigenvalue weighted by Gasteiger charge is -2.18. The first-order chi connectivity index (χ1) is 7.67. The molecule has 0 spiro atoms. The molecule has 0 aromatic heterocycles. The van der Waals surface area contributed by atoms with E-state index in [0.717, 1.165) is 19.0 Å². The maximum Gasteiger partial charge on any atom is 0.126 e. The molecular formula is C12H17F2NO. The Kier molecular flexibility index (Phi) is 5.35. The summed E-state index contributed by atoms with van der Waals surface area (Å²) in [4.78, 5) is 0. The monoisotopic (exact) mass is 229 g/mol. The molecule has 1 atom stereocenters. The molecule has 4 heteroatoms. The third-order valence-electron chi connectivity index (χ3n) is 2.26. The Balaban J connectivity index is 2.82. The van der Waals surface area contributed by atoms with E-state index in [9.17, 15) is 8.78 Å². The van der Waals surface area contributed by atoms with Crippen LogP contribution in [0.15, 0.2) is 18.2 Å². The van der Waals surface area contributed by atoms with Gasteiger partial charge in [-0.25, -0.2) is 8.78 Å². The largest absolute Gasteiger partial charge is 0.383 e. The van der Waals surface area contributed by atoms with Crippen LogP contribution < -0.4 is 5.32 Å². The molecular weight excluding hydrogens is 212 g/mol. The first-order valence-electron chi connectivity index (χ1n) is 5.35. The van der Waals surface area contributed by atoms with Crippen molar-refractivity contribution in [2.75, 3.05) is 20.3 Å². The van der Waals surface area contributed by atoms with Crippen LogP contribution in [0.4, 0.5) is 8.78 Å². The smallest absolute Gasteiger partial charge is 0.126 e. The van der Waals surface area contributed by atoms with Gasteiger partial charge >= 0.3 is 0 Å². The van der Waals surface area contributed by atoms with Gasteiger partial charge in [-0.1, -0.05) is 6.92 Å². The SMILES string of the molecule is CCCNC(COC)c1cc(F)cc(F)c1. The van der Waals surface area contributed by atoms with Crippen LogP contribution in [0.5, 0.6) is 0 Å². The van der Waals surface area contributed by atoms with Crippen molar-refractivity contribution in [2.45, 2.75) is 19.4 Å². The summed E-state index contributed by atoms with van der Waals surface area (Å²) in [5, 5.41) is 3.18. The van der Waals surface area contributed by atoms with Gasteiger partial charge in [-0.15, -0.1) is 0 Å². The molecule has 0 aliphatic carbocycles. The van der Waals surface area contributed by atoms with E-state index in [0.29, 0.717) is 12.2 Å². The highest BCUT2D eigenvalue weighted by atomic mass is 19.1. The minimum atomic E-state index is -0.561. The third-order valence-corrected chi connectivity index (χ3v) is 2.26. The summed E-state index contributed by atoms with van der Waals surface area (Å²) >= 11 is 0. The fraction of sp³-hybridized carbons (Fsp3) is 0.500. The van der Waals surface area contributed by atoms with Crippen LogP contribution in [0.3, 0.4) is 0 Å². The zero-order valence-corrected chi connectivity index (χ0v) is 9.59. The summed E-state index contributed by atoms with van der Waals surface area (Å²) < 4.78 is 31.1. The van der Waals surface area contributed by atoms with Crippen LogP contribution in [-0.4, -0.2) is 20.3 Å². The lowest BCUT2D eigenvalue weighted by molar-refractivity contribution is 0.167. The molecule has 0 radical (unpaired) electrons. The van der Waals surface area contributed by atoms with Gasteiger partial charge in [-0.2, -0.15) is 0 Å². The molecule has 0 bridgehead atoms. The predicted molar refractivity (Wildman–Crippen MR) is 59.3 cm³/mol. The molecule has 0 aliphatic rings. The fourth-order valence-electron chi connectivity index (χ4n) is 1.53. The molecule has 1 aromatic rings. The van der Waals surface area contributed by atoms with Crippen LogP contribution in [0.25, 0.3) is 0 Å². The Morgan fingerprint density at radius 1 is 1.25 bits per heavy atom. The van der Waals surface area contributed by atoms with E-state index < -0.39 is 11.6 Å². The van der Waals surface area contributed by atoms with E-state index in [-0.39, 0.29) is 6.04 Å². The van der Waals surface area contributed by atoms with Gasteiger partial charge in [0.1, 0.15) is 11.6 Å². The highest BCUT2D eigenvalue weighted by Crippen LogP contribution is 2.16. The number of hydrogen-bond acceptors (Lipinski definition) is 2. The maximum atomic E-state index is 13.0. The molecule has 0 amide bonds. The summed E-state index contributed by atoms with van der Waals surface area (Å²) in [7, 11) is 1.57. The van der Waals surface area contributed by atoms with Gasteiger partial charge in [0.25, 0.3) is 0 Å². The van der Waals surface area contributed by atoms with E-state index in [1.807, 2.05) is 6.92 Å². The second-order valence-electron chi connectivity index (χ2n) is 3.66. The van der Waals surface area contributed by atoms with Gasteiger partial charge in [0.05, 0.1) is 12.6 Å². The summed E-state index contributed by atoms with van der Waals surface area (Å²) in [6, 6.07) is 3.35. The Morgan fingerprint density at radius 3 is 2.38 bits per heavy atom. The van der Waals surface area contributed by atoms with E-state index >= 15 is 0 Å². The Labute approximate surface area is 94.6 Å². The molecule has 1 N–H and O–H groups in total. The van der Waals surface area contributed by atoms with Gasteiger partial charge in [0.2, 0.25) is 0 Å². The highest BCUT2D eigenvalue weighted by molar-refractivity contribution is 5.21. The number of hydrogen-bond donors (Lipinski definition) is 1.